The van der Waals surface area contributed by atoms with E-state index in [0.717, 1.165) is 11.1 Å². The lowest BCUT2D eigenvalue weighted by Gasteiger charge is -2.21. The number of nitrogens with zero attached hydrogens (tertiary/aromatic N) is 2. The summed E-state index contributed by atoms with van der Waals surface area (Å²) in [6, 6.07) is 15.2. The smallest absolute Gasteiger partial charge is 0.266 e. The van der Waals surface area contributed by atoms with Crippen molar-refractivity contribution in [2.75, 3.05) is 11.5 Å². The first-order valence-corrected chi connectivity index (χ1v) is 8.58. The van der Waals surface area contributed by atoms with Crippen molar-refractivity contribution in [2.45, 2.75) is 13.5 Å². The first-order chi connectivity index (χ1) is 11.7. The molecule has 1 amide bonds. The Balaban J connectivity index is 1.72. The molecule has 2 heterocycles. The van der Waals surface area contributed by atoms with E-state index in [1.807, 2.05) is 66.2 Å². The predicted molar refractivity (Wildman–Crippen MR) is 96.4 cm³/mol. The molecule has 24 heavy (non-hydrogen) atoms. The van der Waals surface area contributed by atoms with Crippen molar-refractivity contribution in [3.63, 3.8) is 0 Å². The molecule has 4 nitrogen and oxygen atoms in total. The van der Waals surface area contributed by atoms with E-state index in [9.17, 15) is 4.79 Å². The number of carbonyl (C=O) groups excluding carboxylic acids is 1. The Morgan fingerprint density at radius 1 is 1.17 bits per heavy atom. The van der Waals surface area contributed by atoms with Crippen LogP contribution in [0.3, 0.4) is 0 Å². The molecule has 0 saturated carbocycles. The molecule has 0 aliphatic heterocycles. The summed E-state index contributed by atoms with van der Waals surface area (Å²) in [6.45, 7) is 2.47. The molecule has 0 fully saturated rings. The van der Waals surface area contributed by atoms with Crippen LogP contribution in [0.1, 0.15) is 11.1 Å². The Morgan fingerprint density at radius 3 is 2.67 bits per heavy atom. The summed E-state index contributed by atoms with van der Waals surface area (Å²) in [7, 11) is 0. The number of amides is 1. The largest absolute Gasteiger partial charge is 0.484 e. The van der Waals surface area contributed by atoms with E-state index in [1.54, 1.807) is 22.4 Å². The van der Waals surface area contributed by atoms with Crippen LogP contribution in [0.5, 0.6) is 5.75 Å². The van der Waals surface area contributed by atoms with E-state index in [-0.39, 0.29) is 12.5 Å². The summed E-state index contributed by atoms with van der Waals surface area (Å²) >= 11 is 1.61. The van der Waals surface area contributed by atoms with E-state index in [2.05, 4.69) is 4.98 Å². The highest BCUT2D eigenvalue weighted by molar-refractivity contribution is 7.07. The SMILES string of the molecule is Cc1ccc(OCC(=O)N(Cc2ccsc2)c2ccccn2)cc1. The molecule has 1 aromatic carbocycles. The summed E-state index contributed by atoms with van der Waals surface area (Å²) in [5, 5.41) is 4.03. The number of pyridine rings is 1. The van der Waals surface area contributed by atoms with Gasteiger partial charge >= 0.3 is 0 Å². The molecule has 0 saturated heterocycles. The Bertz CT molecular complexity index is 771. The van der Waals surface area contributed by atoms with Gasteiger partial charge in [0.05, 0.1) is 6.54 Å². The molecule has 3 rings (SSSR count). The Morgan fingerprint density at radius 2 is 2.00 bits per heavy atom. The number of benzene rings is 1. The second kappa shape index (κ2) is 7.75. The summed E-state index contributed by atoms with van der Waals surface area (Å²) in [5.41, 5.74) is 2.23. The molecule has 0 radical (unpaired) electrons. The molecule has 5 heteroatoms. The van der Waals surface area contributed by atoms with Gasteiger partial charge < -0.3 is 4.74 Å². The van der Waals surface area contributed by atoms with Crippen molar-refractivity contribution in [3.8, 4) is 5.75 Å². The minimum Gasteiger partial charge on any atom is -0.484 e. The molecular formula is C19H18N2O2S. The fourth-order valence-electron chi connectivity index (χ4n) is 2.23. The van der Waals surface area contributed by atoms with Gasteiger partial charge in [-0.2, -0.15) is 11.3 Å². The number of rotatable bonds is 6. The molecule has 122 valence electrons. The number of anilines is 1. The first-order valence-electron chi connectivity index (χ1n) is 7.64. The lowest BCUT2D eigenvalue weighted by Crippen LogP contribution is -2.35. The van der Waals surface area contributed by atoms with Crippen molar-refractivity contribution in [2.24, 2.45) is 0 Å². The molecule has 2 aromatic heterocycles. The normalized spacial score (nSPS) is 10.4. The van der Waals surface area contributed by atoms with Gasteiger partial charge in [0.25, 0.3) is 5.91 Å². The van der Waals surface area contributed by atoms with Crippen molar-refractivity contribution < 1.29 is 9.53 Å². The summed E-state index contributed by atoms with van der Waals surface area (Å²) in [6.07, 6.45) is 1.68. The first kappa shape index (κ1) is 16.2. The highest BCUT2D eigenvalue weighted by Crippen LogP contribution is 2.17. The fraction of sp³-hybridized carbons (Fsp3) is 0.158. The van der Waals surface area contributed by atoms with Gasteiger partial charge in [-0.3, -0.25) is 9.69 Å². The maximum Gasteiger partial charge on any atom is 0.266 e. The van der Waals surface area contributed by atoms with Crippen LogP contribution in [-0.2, 0) is 11.3 Å². The van der Waals surface area contributed by atoms with Gasteiger partial charge in [-0.05, 0) is 53.6 Å². The average Bonchev–Trinajstić information content (AvgIpc) is 3.13. The second-order valence-corrected chi connectivity index (χ2v) is 6.18. The minimum absolute atomic E-state index is 0.0240. The molecule has 3 aromatic rings. The van der Waals surface area contributed by atoms with E-state index in [0.29, 0.717) is 18.1 Å². The molecule has 0 N–H and O–H groups in total. The number of ether oxygens (including phenoxy) is 1. The Hall–Kier alpha value is -2.66. The lowest BCUT2D eigenvalue weighted by atomic mass is 10.2. The van der Waals surface area contributed by atoms with E-state index in [4.69, 9.17) is 4.74 Å². The van der Waals surface area contributed by atoms with Crippen molar-refractivity contribution >= 4 is 23.1 Å². The summed E-state index contributed by atoms with van der Waals surface area (Å²) in [4.78, 5) is 18.6. The number of hydrogen-bond donors (Lipinski definition) is 0. The zero-order valence-electron chi connectivity index (χ0n) is 13.4. The molecule has 0 spiro atoms. The van der Waals surface area contributed by atoms with Crippen LogP contribution < -0.4 is 9.64 Å². The van der Waals surface area contributed by atoms with Crippen molar-refractivity contribution in [1.29, 1.82) is 0 Å². The third-order valence-electron chi connectivity index (χ3n) is 3.53. The molecule has 0 aliphatic carbocycles. The number of hydrogen-bond acceptors (Lipinski definition) is 4. The molecule has 0 unspecified atom stereocenters. The Kier molecular flexibility index (Phi) is 5.23. The van der Waals surface area contributed by atoms with Crippen LogP contribution in [0.4, 0.5) is 5.82 Å². The van der Waals surface area contributed by atoms with Crippen LogP contribution in [0, 0.1) is 6.92 Å². The topological polar surface area (TPSA) is 42.4 Å². The maximum atomic E-state index is 12.7. The third-order valence-corrected chi connectivity index (χ3v) is 4.26. The molecular weight excluding hydrogens is 320 g/mol. The van der Waals surface area contributed by atoms with Gasteiger partial charge in [0.2, 0.25) is 0 Å². The zero-order valence-corrected chi connectivity index (χ0v) is 14.2. The van der Waals surface area contributed by atoms with Gasteiger partial charge in [-0.25, -0.2) is 4.98 Å². The maximum absolute atomic E-state index is 12.7. The number of thiophene rings is 1. The highest BCUT2D eigenvalue weighted by Gasteiger charge is 2.18. The van der Waals surface area contributed by atoms with E-state index in [1.165, 1.54) is 0 Å². The number of aromatic nitrogens is 1. The van der Waals surface area contributed by atoms with Crippen molar-refractivity contribution in [3.05, 3.63) is 76.6 Å². The zero-order chi connectivity index (χ0) is 16.8. The van der Waals surface area contributed by atoms with Gasteiger partial charge in [0.1, 0.15) is 11.6 Å². The molecule has 0 atom stereocenters. The van der Waals surface area contributed by atoms with Crippen molar-refractivity contribution in [1.82, 2.24) is 4.98 Å². The van der Waals surface area contributed by atoms with Gasteiger partial charge in [0, 0.05) is 6.20 Å². The van der Waals surface area contributed by atoms with Gasteiger partial charge in [-0.1, -0.05) is 23.8 Å². The van der Waals surface area contributed by atoms with Crippen LogP contribution in [0.25, 0.3) is 0 Å². The van der Waals surface area contributed by atoms with Gasteiger partial charge in [0.15, 0.2) is 6.61 Å². The minimum atomic E-state index is -0.125. The Labute approximate surface area is 145 Å². The van der Waals surface area contributed by atoms with Crippen LogP contribution >= 0.6 is 11.3 Å². The fourth-order valence-corrected chi connectivity index (χ4v) is 2.89. The molecule has 0 aliphatic rings. The monoisotopic (exact) mass is 338 g/mol. The van der Waals surface area contributed by atoms with Crippen LogP contribution in [0.2, 0.25) is 0 Å². The van der Waals surface area contributed by atoms with Gasteiger partial charge in [-0.15, -0.1) is 0 Å². The lowest BCUT2D eigenvalue weighted by molar-refractivity contribution is -0.120. The van der Waals surface area contributed by atoms with E-state index >= 15 is 0 Å². The quantitative estimate of drug-likeness (QED) is 0.680. The number of aryl methyl sites for hydroxylation is 1. The number of carbonyl (C=O) groups is 1. The van der Waals surface area contributed by atoms with E-state index < -0.39 is 0 Å². The van der Waals surface area contributed by atoms with Crippen LogP contribution in [0.15, 0.2) is 65.5 Å². The second-order valence-electron chi connectivity index (χ2n) is 5.40. The third kappa shape index (κ3) is 4.20. The average molecular weight is 338 g/mol. The summed E-state index contributed by atoms with van der Waals surface area (Å²) < 4.78 is 5.63. The highest BCUT2D eigenvalue weighted by atomic mass is 32.1. The molecule has 0 bridgehead atoms. The van der Waals surface area contributed by atoms with Crippen LogP contribution in [-0.4, -0.2) is 17.5 Å². The summed E-state index contributed by atoms with van der Waals surface area (Å²) in [5.74, 6) is 1.19. The standard InChI is InChI=1S/C19H18N2O2S/c1-15-5-7-17(8-6-15)23-13-19(22)21(12-16-9-11-24-14-16)18-4-2-3-10-20-18/h2-11,14H,12-13H2,1H3. The predicted octanol–water partition coefficient (Wildman–Crippen LogP) is 4.06.